The lowest BCUT2D eigenvalue weighted by Crippen LogP contribution is -2.44. The number of hydrogen-bond donors (Lipinski definition) is 2. The number of alkyl halides is 3. The quantitative estimate of drug-likeness (QED) is 0.631. The van der Waals surface area contributed by atoms with Gasteiger partial charge in [0.15, 0.2) is 5.82 Å². The van der Waals surface area contributed by atoms with Gasteiger partial charge in [-0.25, -0.2) is 0 Å². The molecule has 162 valence electrons. The Kier molecular flexibility index (Phi) is 5.83. The van der Waals surface area contributed by atoms with Crippen LogP contribution in [0.25, 0.3) is 11.3 Å². The maximum absolute atomic E-state index is 12.5. The minimum Gasteiger partial charge on any atom is -0.406 e. The molecule has 0 aliphatic carbocycles. The standard InChI is InChI=1S/C22H21F3N4O2/c23-22(24,25)31-18-8-4-7-16(13-18)21(30)26-17-9-11-29(12-10-17)20-14-19(27-28-20)15-5-2-1-3-6-15/h1-8,13-14,17H,9-12H2,(H,26,30)(H,27,28). The smallest absolute Gasteiger partial charge is 0.406 e. The Balaban J connectivity index is 1.32. The predicted octanol–water partition coefficient (Wildman–Crippen LogP) is 4.37. The van der Waals surface area contributed by atoms with Crippen LogP contribution in [0.1, 0.15) is 23.2 Å². The number of aromatic nitrogens is 2. The lowest BCUT2D eigenvalue weighted by atomic mass is 10.0. The number of halogens is 3. The van der Waals surface area contributed by atoms with Crippen molar-refractivity contribution in [3.8, 4) is 17.0 Å². The van der Waals surface area contributed by atoms with Crippen LogP contribution in [0.15, 0.2) is 60.7 Å². The summed E-state index contributed by atoms with van der Waals surface area (Å²) in [6.07, 6.45) is -3.38. The first-order valence-corrected chi connectivity index (χ1v) is 9.90. The number of anilines is 1. The average Bonchev–Trinajstić information content (AvgIpc) is 3.24. The first-order chi connectivity index (χ1) is 14.9. The van der Waals surface area contributed by atoms with E-state index in [0.29, 0.717) is 25.9 Å². The summed E-state index contributed by atoms with van der Waals surface area (Å²) in [6, 6.07) is 16.9. The van der Waals surface area contributed by atoms with E-state index in [4.69, 9.17) is 0 Å². The molecular weight excluding hydrogens is 409 g/mol. The third-order valence-electron chi connectivity index (χ3n) is 5.13. The lowest BCUT2D eigenvalue weighted by Gasteiger charge is -2.32. The van der Waals surface area contributed by atoms with Gasteiger partial charge in [0, 0.05) is 30.8 Å². The van der Waals surface area contributed by atoms with Crippen LogP contribution in [0.2, 0.25) is 0 Å². The largest absolute Gasteiger partial charge is 0.573 e. The normalized spacial score (nSPS) is 15.0. The Morgan fingerprint density at radius 2 is 1.81 bits per heavy atom. The maximum atomic E-state index is 12.5. The summed E-state index contributed by atoms with van der Waals surface area (Å²) < 4.78 is 41.0. The number of benzene rings is 2. The van der Waals surface area contributed by atoms with E-state index in [9.17, 15) is 18.0 Å². The topological polar surface area (TPSA) is 70.2 Å². The molecule has 1 amide bonds. The van der Waals surface area contributed by atoms with E-state index >= 15 is 0 Å². The van der Waals surface area contributed by atoms with Crippen molar-refractivity contribution in [2.75, 3.05) is 18.0 Å². The summed E-state index contributed by atoms with van der Waals surface area (Å²) in [6.45, 7) is 1.42. The molecule has 0 atom stereocenters. The maximum Gasteiger partial charge on any atom is 0.573 e. The van der Waals surface area contributed by atoms with E-state index in [2.05, 4.69) is 25.2 Å². The summed E-state index contributed by atoms with van der Waals surface area (Å²) in [4.78, 5) is 14.6. The second-order valence-electron chi connectivity index (χ2n) is 7.32. The van der Waals surface area contributed by atoms with Crippen molar-refractivity contribution in [1.82, 2.24) is 15.5 Å². The first-order valence-electron chi connectivity index (χ1n) is 9.90. The molecule has 0 radical (unpaired) electrons. The predicted molar refractivity (Wildman–Crippen MR) is 110 cm³/mol. The molecule has 0 saturated carbocycles. The van der Waals surface area contributed by atoms with Crippen LogP contribution in [-0.4, -0.2) is 41.6 Å². The second kappa shape index (κ2) is 8.71. The van der Waals surface area contributed by atoms with Crippen LogP contribution in [0.5, 0.6) is 5.75 Å². The lowest BCUT2D eigenvalue weighted by molar-refractivity contribution is -0.274. The Morgan fingerprint density at radius 3 is 2.52 bits per heavy atom. The number of aromatic amines is 1. The molecule has 1 saturated heterocycles. The molecule has 2 N–H and O–H groups in total. The van der Waals surface area contributed by atoms with E-state index in [1.165, 1.54) is 12.1 Å². The first kappa shape index (κ1) is 20.8. The fourth-order valence-corrected chi connectivity index (χ4v) is 3.59. The van der Waals surface area contributed by atoms with Crippen LogP contribution in [-0.2, 0) is 0 Å². The molecule has 0 spiro atoms. The van der Waals surface area contributed by atoms with Crippen LogP contribution >= 0.6 is 0 Å². The fraction of sp³-hybridized carbons (Fsp3) is 0.273. The number of nitrogens with one attached hydrogen (secondary N) is 2. The molecule has 1 aromatic heterocycles. The van der Waals surface area contributed by atoms with Crippen molar-refractivity contribution in [3.63, 3.8) is 0 Å². The van der Waals surface area contributed by atoms with Crippen molar-refractivity contribution < 1.29 is 22.7 Å². The number of ether oxygens (including phenoxy) is 1. The van der Waals surface area contributed by atoms with Crippen LogP contribution in [0.3, 0.4) is 0 Å². The summed E-state index contributed by atoms with van der Waals surface area (Å²) in [5.74, 6) is 0.0144. The van der Waals surface area contributed by atoms with Crippen LogP contribution < -0.4 is 15.0 Å². The molecule has 4 rings (SSSR count). The van der Waals surface area contributed by atoms with Crippen molar-refractivity contribution in [2.24, 2.45) is 0 Å². The zero-order valence-electron chi connectivity index (χ0n) is 16.5. The highest BCUT2D eigenvalue weighted by molar-refractivity contribution is 5.94. The third kappa shape index (κ3) is 5.36. The van der Waals surface area contributed by atoms with Gasteiger partial charge in [-0.2, -0.15) is 5.10 Å². The number of carbonyl (C=O) groups excluding carboxylic acids is 1. The highest BCUT2D eigenvalue weighted by Crippen LogP contribution is 2.25. The number of H-pyrrole nitrogens is 1. The number of piperidine rings is 1. The van der Waals surface area contributed by atoms with Gasteiger partial charge >= 0.3 is 6.36 Å². The van der Waals surface area contributed by atoms with E-state index in [0.717, 1.165) is 29.2 Å². The van der Waals surface area contributed by atoms with Gasteiger partial charge in [-0.05, 0) is 36.6 Å². The highest BCUT2D eigenvalue weighted by Gasteiger charge is 2.31. The molecule has 0 unspecified atom stereocenters. The zero-order chi connectivity index (χ0) is 21.8. The van der Waals surface area contributed by atoms with Gasteiger partial charge in [0.1, 0.15) is 5.75 Å². The Labute approximate surface area is 177 Å². The Bertz CT molecular complexity index is 1030. The fourth-order valence-electron chi connectivity index (χ4n) is 3.59. The zero-order valence-corrected chi connectivity index (χ0v) is 16.5. The Morgan fingerprint density at radius 1 is 1.06 bits per heavy atom. The van der Waals surface area contributed by atoms with Crippen molar-refractivity contribution in [1.29, 1.82) is 0 Å². The van der Waals surface area contributed by atoms with Gasteiger partial charge in [0.05, 0.1) is 5.69 Å². The summed E-state index contributed by atoms with van der Waals surface area (Å²) >= 11 is 0. The van der Waals surface area contributed by atoms with E-state index < -0.39 is 18.0 Å². The van der Waals surface area contributed by atoms with E-state index in [1.807, 2.05) is 36.4 Å². The van der Waals surface area contributed by atoms with Crippen molar-refractivity contribution in [2.45, 2.75) is 25.2 Å². The van der Waals surface area contributed by atoms with E-state index in [-0.39, 0.29) is 11.6 Å². The number of hydrogen-bond acceptors (Lipinski definition) is 4. The monoisotopic (exact) mass is 430 g/mol. The SMILES string of the molecule is O=C(NC1CCN(c2cc(-c3ccccc3)[nH]n2)CC1)c1cccc(OC(F)(F)F)c1. The van der Waals surface area contributed by atoms with Gasteiger partial charge in [-0.15, -0.1) is 13.2 Å². The van der Waals surface area contributed by atoms with E-state index in [1.54, 1.807) is 0 Å². The molecule has 0 bridgehead atoms. The molecule has 9 heteroatoms. The molecule has 3 aromatic rings. The third-order valence-corrected chi connectivity index (χ3v) is 5.13. The summed E-state index contributed by atoms with van der Waals surface area (Å²) in [5.41, 5.74) is 2.12. The molecule has 2 heterocycles. The Hall–Kier alpha value is -3.49. The van der Waals surface area contributed by atoms with Gasteiger partial charge in [0.25, 0.3) is 5.91 Å². The highest BCUT2D eigenvalue weighted by atomic mass is 19.4. The van der Waals surface area contributed by atoms with Gasteiger partial charge in [-0.1, -0.05) is 36.4 Å². The van der Waals surface area contributed by atoms with Gasteiger partial charge < -0.3 is 15.0 Å². The molecule has 1 fully saturated rings. The summed E-state index contributed by atoms with van der Waals surface area (Å²) in [5, 5.41) is 10.3. The molecule has 31 heavy (non-hydrogen) atoms. The van der Waals surface area contributed by atoms with Gasteiger partial charge in [0.2, 0.25) is 0 Å². The number of nitrogens with zero attached hydrogens (tertiary/aromatic N) is 2. The van der Waals surface area contributed by atoms with Crippen molar-refractivity contribution in [3.05, 3.63) is 66.2 Å². The van der Waals surface area contributed by atoms with Gasteiger partial charge in [-0.3, -0.25) is 9.89 Å². The van der Waals surface area contributed by atoms with Crippen LogP contribution in [0.4, 0.5) is 19.0 Å². The minimum absolute atomic E-state index is 0.0662. The molecule has 1 aliphatic rings. The molecule has 6 nitrogen and oxygen atoms in total. The second-order valence-corrected chi connectivity index (χ2v) is 7.32. The molecular formula is C22H21F3N4O2. The number of rotatable bonds is 5. The molecule has 1 aliphatic heterocycles. The minimum atomic E-state index is -4.80. The number of carbonyl (C=O) groups is 1. The summed E-state index contributed by atoms with van der Waals surface area (Å²) in [7, 11) is 0. The number of amides is 1. The van der Waals surface area contributed by atoms with Crippen LogP contribution in [0, 0.1) is 0 Å². The average molecular weight is 430 g/mol. The van der Waals surface area contributed by atoms with Crippen molar-refractivity contribution >= 4 is 11.7 Å². The molecule has 2 aromatic carbocycles.